The first-order chi connectivity index (χ1) is 6.50. The van der Waals surface area contributed by atoms with Crippen LogP contribution in [-0.2, 0) is 4.79 Å². The highest BCUT2D eigenvalue weighted by molar-refractivity contribution is 7.80. The van der Waals surface area contributed by atoms with Crippen LogP contribution in [0.4, 0.5) is 0 Å². The minimum atomic E-state index is -0.977. The number of aryl methyl sites for hydroxylation is 2. The molecule has 0 amide bonds. The Morgan fingerprint density at radius 1 is 1.43 bits per heavy atom. The van der Waals surface area contributed by atoms with Gasteiger partial charge in [0.05, 0.1) is 0 Å². The van der Waals surface area contributed by atoms with Crippen LogP contribution < -0.4 is 4.74 Å². The number of rotatable bonds is 3. The summed E-state index contributed by atoms with van der Waals surface area (Å²) in [6.07, 6.45) is 0. The average molecular weight is 212 g/mol. The van der Waals surface area contributed by atoms with Crippen molar-refractivity contribution in [1.29, 1.82) is 0 Å². The molecular weight excluding hydrogens is 200 g/mol. The predicted octanol–water partition coefficient (Wildman–Crippen LogP) is 2.06. The molecule has 0 spiro atoms. The number of hydrogen-bond donors (Lipinski definition) is 2. The zero-order chi connectivity index (χ0) is 10.7. The number of benzene rings is 1. The third-order valence-electron chi connectivity index (χ3n) is 1.83. The lowest BCUT2D eigenvalue weighted by atomic mass is 10.1. The summed E-state index contributed by atoms with van der Waals surface area (Å²) < 4.78 is 5.05. The van der Waals surface area contributed by atoms with Gasteiger partial charge in [-0.15, -0.1) is 12.6 Å². The maximum absolute atomic E-state index is 10.3. The van der Waals surface area contributed by atoms with E-state index in [0.29, 0.717) is 5.75 Å². The van der Waals surface area contributed by atoms with E-state index < -0.39 is 5.97 Å². The summed E-state index contributed by atoms with van der Waals surface area (Å²) >= 11 is 4.30. The van der Waals surface area contributed by atoms with Crippen LogP contribution in [0.5, 0.6) is 5.75 Å². The van der Waals surface area contributed by atoms with Gasteiger partial charge in [-0.05, 0) is 37.1 Å². The minimum absolute atomic E-state index is 0.315. The fourth-order valence-corrected chi connectivity index (χ4v) is 1.27. The van der Waals surface area contributed by atoms with Gasteiger partial charge in [0.25, 0.3) is 0 Å². The van der Waals surface area contributed by atoms with Crippen LogP contribution in [0.1, 0.15) is 11.1 Å². The molecule has 0 bridgehead atoms. The molecule has 1 aromatic rings. The van der Waals surface area contributed by atoms with Crippen molar-refractivity contribution >= 4 is 18.6 Å². The van der Waals surface area contributed by atoms with Gasteiger partial charge < -0.3 is 9.84 Å². The molecule has 0 saturated carbocycles. The van der Waals surface area contributed by atoms with Gasteiger partial charge in [-0.25, -0.2) is 4.79 Å². The summed E-state index contributed by atoms with van der Waals surface area (Å²) in [5.74, 6) is -0.407. The normalized spacial score (nSPS) is 9.93. The van der Waals surface area contributed by atoms with E-state index in [0.717, 1.165) is 16.0 Å². The first kappa shape index (κ1) is 10.9. The zero-order valence-corrected chi connectivity index (χ0v) is 8.97. The number of carboxylic acids is 1. The van der Waals surface area contributed by atoms with E-state index >= 15 is 0 Å². The van der Waals surface area contributed by atoms with Crippen LogP contribution in [0.15, 0.2) is 17.0 Å². The molecule has 0 heterocycles. The smallest absolute Gasteiger partial charge is 0.341 e. The van der Waals surface area contributed by atoms with Gasteiger partial charge in [0.2, 0.25) is 0 Å². The van der Waals surface area contributed by atoms with Crippen molar-refractivity contribution in [3.05, 3.63) is 23.3 Å². The molecule has 1 aromatic carbocycles. The summed E-state index contributed by atoms with van der Waals surface area (Å²) in [6, 6.07) is 3.55. The molecule has 0 radical (unpaired) electrons. The van der Waals surface area contributed by atoms with Crippen LogP contribution in [0.3, 0.4) is 0 Å². The van der Waals surface area contributed by atoms with Crippen LogP contribution in [0, 0.1) is 13.8 Å². The SMILES string of the molecule is Cc1cc(OCC(=O)O)cc(C)c1S. The molecule has 4 heteroatoms. The van der Waals surface area contributed by atoms with E-state index in [2.05, 4.69) is 12.6 Å². The second kappa shape index (κ2) is 4.37. The lowest BCUT2D eigenvalue weighted by molar-refractivity contribution is -0.139. The van der Waals surface area contributed by atoms with Gasteiger partial charge in [-0.1, -0.05) is 0 Å². The van der Waals surface area contributed by atoms with Crippen molar-refractivity contribution in [3.63, 3.8) is 0 Å². The van der Waals surface area contributed by atoms with Crippen LogP contribution in [-0.4, -0.2) is 17.7 Å². The Bertz CT molecular complexity index is 337. The van der Waals surface area contributed by atoms with Gasteiger partial charge in [0.15, 0.2) is 6.61 Å². The molecule has 0 saturated heterocycles. The molecule has 0 aromatic heterocycles. The number of thiol groups is 1. The van der Waals surface area contributed by atoms with Gasteiger partial charge in [0.1, 0.15) is 5.75 Å². The Labute approximate surface area is 88.1 Å². The highest BCUT2D eigenvalue weighted by Crippen LogP contribution is 2.24. The van der Waals surface area contributed by atoms with Gasteiger partial charge in [0, 0.05) is 4.90 Å². The summed E-state index contributed by atoms with van der Waals surface area (Å²) in [6.45, 7) is 3.50. The lowest BCUT2D eigenvalue weighted by Gasteiger charge is -2.08. The Kier molecular flexibility index (Phi) is 3.41. The molecule has 0 unspecified atom stereocenters. The Balaban J connectivity index is 2.84. The van der Waals surface area contributed by atoms with Crippen molar-refractivity contribution in [2.45, 2.75) is 18.7 Å². The van der Waals surface area contributed by atoms with Crippen LogP contribution in [0.2, 0.25) is 0 Å². The second-order valence-corrected chi connectivity index (χ2v) is 3.54. The largest absolute Gasteiger partial charge is 0.482 e. The number of hydrogen-bond acceptors (Lipinski definition) is 3. The quantitative estimate of drug-likeness (QED) is 0.754. The summed E-state index contributed by atoms with van der Waals surface area (Å²) in [5, 5.41) is 8.43. The monoisotopic (exact) mass is 212 g/mol. The summed E-state index contributed by atoms with van der Waals surface area (Å²) in [7, 11) is 0. The number of carboxylic acid groups (broad SMARTS) is 1. The van der Waals surface area contributed by atoms with E-state index in [4.69, 9.17) is 9.84 Å². The van der Waals surface area contributed by atoms with Crippen LogP contribution >= 0.6 is 12.6 Å². The van der Waals surface area contributed by atoms with Crippen molar-refractivity contribution in [1.82, 2.24) is 0 Å². The molecule has 0 atom stereocenters. The standard InChI is InChI=1S/C10H12O3S/c1-6-3-8(13-5-9(11)12)4-7(2)10(6)14/h3-4,14H,5H2,1-2H3,(H,11,12). The first-order valence-electron chi connectivity index (χ1n) is 4.15. The minimum Gasteiger partial charge on any atom is -0.482 e. The molecule has 3 nitrogen and oxygen atoms in total. The highest BCUT2D eigenvalue weighted by Gasteiger charge is 2.04. The molecule has 76 valence electrons. The zero-order valence-electron chi connectivity index (χ0n) is 8.07. The van der Waals surface area contributed by atoms with E-state index in [1.54, 1.807) is 12.1 Å². The average Bonchev–Trinajstić information content (AvgIpc) is 2.10. The fourth-order valence-electron chi connectivity index (χ4n) is 1.14. The van der Waals surface area contributed by atoms with Crippen LogP contribution in [0.25, 0.3) is 0 Å². The van der Waals surface area contributed by atoms with E-state index in [9.17, 15) is 4.79 Å². The first-order valence-corrected chi connectivity index (χ1v) is 4.60. The molecule has 0 aliphatic rings. The molecule has 1 N–H and O–H groups in total. The van der Waals surface area contributed by atoms with E-state index in [1.807, 2.05) is 13.8 Å². The van der Waals surface area contributed by atoms with Crippen molar-refractivity contribution in [2.24, 2.45) is 0 Å². The molecular formula is C10H12O3S. The molecule has 0 fully saturated rings. The molecule has 0 aliphatic carbocycles. The van der Waals surface area contributed by atoms with Crippen molar-refractivity contribution < 1.29 is 14.6 Å². The lowest BCUT2D eigenvalue weighted by Crippen LogP contribution is -2.09. The van der Waals surface area contributed by atoms with Gasteiger partial charge >= 0.3 is 5.97 Å². The van der Waals surface area contributed by atoms with Crippen molar-refractivity contribution in [2.75, 3.05) is 6.61 Å². The summed E-state index contributed by atoms with van der Waals surface area (Å²) in [5.41, 5.74) is 1.96. The Morgan fingerprint density at radius 2 is 1.93 bits per heavy atom. The molecule has 1 rings (SSSR count). The summed E-state index contributed by atoms with van der Waals surface area (Å²) in [4.78, 5) is 11.2. The maximum atomic E-state index is 10.3. The Hall–Kier alpha value is -1.16. The second-order valence-electron chi connectivity index (χ2n) is 3.09. The predicted molar refractivity (Wildman–Crippen MR) is 56.3 cm³/mol. The molecule has 14 heavy (non-hydrogen) atoms. The van der Waals surface area contributed by atoms with E-state index in [-0.39, 0.29) is 6.61 Å². The molecule has 0 aliphatic heterocycles. The van der Waals surface area contributed by atoms with Crippen molar-refractivity contribution in [3.8, 4) is 5.75 Å². The van der Waals surface area contributed by atoms with Gasteiger partial charge in [-0.3, -0.25) is 0 Å². The van der Waals surface area contributed by atoms with Gasteiger partial charge in [-0.2, -0.15) is 0 Å². The third-order valence-corrected chi connectivity index (χ3v) is 2.53. The maximum Gasteiger partial charge on any atom is 0.341 e. The number of carbonyl (C=O) groups is 1. The number of aliphatic carboxylic acids is 1. The third kappa shape index (κ3) is 2.67. The fraction of sp³-hybridized carbons (Fsp3) is 0.300. The highest BCUT2D eigenvalue weighted by atomic mass is 32.1. The Morgan fingerprint density at radius 3 is 2.36 bits per heavy atom. The topological polar surface area (TPSA) is 46.5 Å². The number of ether oxygens (including phenoxy) is 1. The van der Waals surface area contributed by atoms with E-state index in [1.165, 1.54) is 0 Å².